The molecule has 0 aliphatic carbocycles. The van der Waals surface area contributed by atoms with Gasteiger partial charge in [-0.2, -0.15) is 5.10 Å². The van der Waals surface area contributed by atoms with Gasteiger partial charge in [0.15, 0.2) is 0 Å². The number of rotatable bonds is 7. The first-order chi connectivity index (χ1) is 13.3. The average Bonchev–Trinajstić information content (AvgIpc) is 2.66. The molecule has 0 fully saturated rings. The number of aryl methyl sites for hydroxylation is 1. The van der Waals surface area contributed by atoms with Crippen molar-refractivity contribution in [2.24, 2.45) is 11.0 Å². The van der Waals surface area contributed by atoms with E-state index in [0.29, 0.717) is 11.3 Å². The van der Waals surface area contributed by atoms with Crippen LogP contribution in [-0.4, -0.2) is 31.2 Å². The van der Waals surface area contributed by atoms with Crippen molar-refractivity contribution in [3.63, 3.8) is 0 Å². The second kappa shape index (κ2) is 10.0. The molecule has 0 aromatic heterocycles. The van der Waals surface area contributed by atoms with Crippen molar-refractivity contribution in [2.45, 2.75) is 26.8 Å². The first-order valence-corrected chi connectivity index (χ1v) is 9.65. The summed E-state index contributed by atoms with van der Waals surface area (Å²) in [5.41, 5.74) is 4.86. The van der Waals surface area contributed by atoms with Crippen molar-refractivity contribution in [1.82, 2.24) is 10.7 Å². The monoisotopic (exact) mass is 445 g/mol. The van der Waals surface area contributed by atoms with Crippen molar-refractivity contribution in [2.75, 3.05) is 7.11 Å². The van der Waals surface area contributed by atoms with Crippen molar-refractivity contribution < 1.29 is 14.3 Å². The third-order valence-corrected chi connectivity index (χ3v) is 4.73. The van der Waals surface area contributed by atoms with Crippen LogP contribution >= 0.6 is 15.9 Å². The predicted octanol–water partition coefficient (Wildman–Crippen LogP) is 3.67. The van der Waals surface area contributed by atoms with E-state index in [0.717, 1.165) is 15.6 Å². The van der Waals surface area contributed by atoms with E-state index < -0.39 is 6.04 Å². The number of halogens is 1. The topological polar surface area (TPSA) is 79.8 Å². The molecule has 0 aliphatic rings. The van der Waals surface area contributed by atoms with Crippen LogP contribution in [0, 0.1) is 12.8 Å². The van der Waals surface area contributed by atoms with Gasteiger partial charge in [-0.3, -0.25) is 9.59 Å². The van der Waals surface area contributed by atoms with E-state index in [9.17, 15) is 9.59 Å². The molecule has 2 rings (SSSR count). The van der Waals surface area contributed by atoms with Crippen molar-refractivity contribution in [3.8, 4) is 5.75 Å². The number of hydrogen-bond donors (Lipinski definition) is 2. The number of nitrogens with zero attached hydrogens (tertiary/aromatic N) is 1. The Bertz CT molecular complexity index is 864. The van der Waals surface area contributed by atoms with Gasteiger partial charge in [0.2, 0.25) is 0 Å². The normalized spacial score (nSPS) is 12.1. The van der Waals surface area contributed by atoms with Crippen LogP contribution in [0.4, 0.5) is 0 Å². The highest BCUT2D eigenvalue weighted by atomic mass is 79.9. The molecule has 0 spiro atoms. The summed E-state index contributed by atoms with van der Waals surface area (Å²) in [6, 6.07) is 11.9. The van der Waals surface area contributed by atoms with Gasteiger partial charge in [-0.1, -0.05) is 31.5 Å². The van der Waals surface area contributed by atoms with Crippen LogP contribution < -0.4 is 15.5 Å². The zero-order valence-electron chi connectivity index (χ0n) is 16.3. The predicted molar refractivity (Wildman–Crippen MR) is 114 cm³/mol. The lowest BCUT2D eigenvalue weighted by molar-refractivity contribution is -0.123. The minimum absolute atomic E-state index is 0.0975. The van der Waals surface area contributed by atoms with Crippen LogP contribution in [0.25, 0.3) is 0 Å². The Hall–Kier alpha value is -2.67. The Kier molecular flexibility index (Phi) is 7.75. The number of ether oxygens (including phenoxy) is 1. The maximum absolute atomic E-state index is 12.5. The van der Waals surface area contributed by atoms with Gasteiger partial charge in [-0.25, -0.2) is 5.43 Å². The molecule has 0 bridgehead atoms. The molecule has 0 aliphatic heterocycles. The lowest BCUT2D eigenvalue weighted by Gasteiger charge is -2.20. The molecule has 0 heterocycles. The second-order valence-corrected chi connectivity index (χ2v) is 7.54. The van der Waals surface area contributed by atoms with Crippen LogP contribution in [0.1, 0.15) is 35.3 Å². The highest BCUT2D eigenvalue weighted by Gasteiger charge is 2.24. The molecule has 2 amide bonds. The Morgan fingerprint density at radius 3 is 2.39 bits per heavy atom. The third kappa shape index (κ3) is 5.92. The van der Waals surface area contributed by atoms with E-state index in [-0.39, 0.29) is 17.7 Å². The summed E-state index contributed by atoms with van der Waals surface area (Å²) in [5, 5.41) is 6.77. The maximum Gasteiger partial charge on any atom is 0.262 e. The van der Waals surface area contributed by atoms with Gasteiger partial charge >= 0.3 is 0 Å². The Labute approximate surface area is 173 Å². The SMILES string of the molecule is COc1ccc(C=NNC(=O)C(NC(=O)c2ccc(C)cc2)C(C)C)cc1Br. The van der Waals surface area contributed by atoms with Gasteiger partial charge in [0.25, 0.3) is 11.8 Å². The minimum Gasteiger partial charge on any atom is -0.496 e. The van der Waals surface area contributed by atoms with Crippen LogP contribution in [0.3, 0.4) is 0 Å². The van der Waals surface area contributed by atoms with E-state index in [1.807, 2.05) is 45.0 Å². The summed E-state index contributed by atoms with van der Waals surface area (Å²) in [6.07, 6.45) is 1.53. The second-order valence-electron chi connectivity index (χ2n) is 6.69. The maximum atomic E-state index is 12.5. The number of carbonyl (C=O) groups excluding carboxylic acids is 2. The summed E-state index contributed by atoms with van der Waals surface area (Å²) in [5.74, 6) is -0.0594. The lowest BCUT2D eigenvalue weighted by Crippen LogP contribution is -2.48. The molecule has 6 nitrogen and oxygen atoms in total. The molecule has 0 saturated heterocycles. The van der Waals surface area contributed by atoms with Gasteiger partial charge in [0, 0.05) is 5.56 Å². The molecule has 148 valence electrons. The fraction of sp³-hybridized carbons (Fsp3) is 0.286. The molecule has 7 heteroatoms. The summed E-state index contributed by atoms with van der Waals surface area (Å²) in [7, 11) is 1.59. The van der Waals surface area contributed by atoms with E-state index >= 15 is 0 Å². The molecular formula is C21H24BrN3O3. The molecule has 1 unspecified atom stereocenters. The number of nitrogens with one attached hydrogen (secondary N) is 2. The molecule has 28 heavy (non-hydrogen) atoms. The van der Waals surface area contributed by atoms with Crippen molar-refractivity contribution in [1.29, 1.82) is 0 Å². The zero-order chi connectivity index (χ0) is 20.7. The fourth-order valence-electron chi connectivity index (χ4n) is 2.47. The molecule has 0 saturated carbocycles. The van der Waals surface area contributed by atoms with Gasteiger partial charge in [0.1, 0.15) is 11.8 Å². The number of carbonyl (C=O) groups is 2. The van der Waals surface area contributed by atoms with E-state index in [2.05, 4.69) is 31.8 Å². The molecule has 0 radical (unpaired) electrons. The number of hydrogen-bond acceptors (Lipinski definition) is 4. The van der Waals surface area contributed by atoms with Crippen LogP contribution in [0.5, 0.6) is 5.75 Å². The van der Waals surface area contributed by atoms with Gasteiger partial charge in [-0.15, -0.1) is 0 Å². The number of amides is 2. The lowest BCUT2D eigenvalue weighted by atomic mass is 10.0. The number of hydrazone groups is 1. The van der Waals surface area contributed by atoms with E-state index in [1.54, 1.807) is 25.3 Å². The highest BCUT2D eigenvalue weighted by molar-refractivity contribution is 9.10. The quantitative estimate of drug-likeness (QED) is 0.503. The van der Waals surface area contributed by atoms with Gasteiger partial charge < -0.3 is 10.1 Å². The van der Waals surface area contributed by atoms with Crippen LogP contribution in [0.2, 0.25) is 0 Å². The standard InChI is InChI=1S/C21H24BrN3O3/c1-13(2)19(24-20(26)16-8-5-14(3)6-9-16)21(27)25-23-12-15-7-10-18(28-4)17(22)11-15/h5-13,19H,1-4H3,(H,24,26)(H,25,27). The third-order valence-electron chi connectivity index (χ3n) is 4.11. The van der Waals surface area contributed by atoms with Crippen LogP contribution in [0.15, 0.2) is 52.0 Å². The fourth-order valence-corrected chi connectivity index (χ4v) is 3.03. The molecule has 2 N–H and O–H groups in total. The van der Waals surface area contributed by atoms with Gasteiger partial charge in [-0.05, 0) is 64.7 Å². The zero-order valence-corrected chi connectivity index (χ0v) is 17.9. The molecule has 1 atom stereocenters. The molecule has 2 aromatic carbocycles. The first-order valence-electron chi connectivity index (χ1n) is 8.85. The van der Waals surface area contributed by atoms with E-state index in [1.165, 1.54) is 6.21 Å². The molecule has 2 aromatic rings. The van der Waals surface area contributed by atoms with Crippen molar-refractivity contribution in [3.05, 3.63) is 63.6 Å². The van der Waals surface area contributed by atoms with Crippen LogP contribution in [-0.2, 0) is 4.79 Å². The highest BCUT2D eigenvalue weighted by Crippen LogP contribution is 2.24. The first kappa shape index (κ1) is 21.6. The number of benzene rings is 2. The Morgan fingerprint density at radius 1 is 1.14 bits per heavy atom. The Balaban J connectivity index is 2.01. The van der Waals surface area contributed by atoms with Crippen molar-refractivity contribution >= 4 is 34.0 Å². The Morgan fingerprint density at radius 2 is 1.82 bits per heavy atom. The summed E-state index contributed by atoms with van der Waals surface area (Å²) in [4.78, 5) is 24.9. The average molecular weight is 446 g/mol. The largest absolute Gasteiger partial charge is 0.496 e. The number of methoxy groups -OCH3 is 1. The smallest absolute Gasteiger partial charge is 0.262 e. The summed E-state index contributed by atoms with van der Waals surface area (Å²) in [6.45, 7) is 5.68. The van der Waals surface area contributed by atoms with Gasteiger partial charge in [0.05, 0.1) is 17.8 Å². The minimum atomic E-state index is -0.700. The summed E-state index contributed by atoms with van der Waals surface area (Å²) < 4.78 is 5.97. The summed E-state index contributed by atoms with van der Waals surface area (Å²) >= 11 is 3.40. The van der Waals surface area contributed by atoms with E-state index in [4.69, 9.17) is 4.74 Å². The molecular weight excluding hydrogens is 422 g/mol.